The van der Waals surface area contributed by atoms with Gasteiger partial charge in [-0.25, -0.2) is 0 Å². The molecule has 170 valence electrons. The first kappa shape index (κ1) is 23.3. The second-order valence-electron chi connectivity index (χ2n) is 7.76. The largest absolute Gasteiger partial charge is 0.376 e. The van der Waals surface area contributed by atoms with E-state index in [0.717, 1.165) is 36.4 Å². The Morgan fingerprint density at radius 2 is 1.75 bits per heavy atom. The number of carbonyl (C=O) groups is 3. The summed E-state index contributed by atoms with van der Waals surface area (Å²) in [5, 5.41) is 11.6. The molecule has 3 amide bonds. The van der Waals surface area contributed by atoms with E-state index in [-0.39, 0.29) is 30.4 Å². The van der Waals surface area contributed by atoms with E-state index in [2.05, 4.69) is 21.3 Å². The van der Waals surface area contributed by atoms with Gasteiger partial charge in [0.2, 0.25) is 11.8 Å². The average molecular weight is 439 g/mol. The summed E-state index contributed by atoms with van der Waals surface area (Å²) in [6, 6.07) is 12.3. The molecule has 2 aromatic carbocycles. The molecular weight excluding hydrogens is 408 g/mol. The van der Waals surface area contributed by atoms with Crippen LogP contribution >= 0.6 is 0 Å². The molecule has 1 unspecified atom stereocenters. The van der Waals surface area contributed by atoms with Gasteiger partial charge < -0.3 is 26.0 Å². The Morgan fingerprint density at radius 3 is 2.44 bits per heavy atom. The molecule has 1 saturated heterocycles. The second kappa shape index (κ2) is 11.3. The van der Waals surface area contributed by atoms with Gasteiger partial charge in [-0.15, -0.1) is 0 Å². The number of carbonyl (C=O) groups excluding carboxylic acids is 3. The molecule has 0 aliphatic carbocycles. The highest BCUT2D eigenvalue weighted by atomic mass is 16.5. The molecule has 0 spiro atoms. The fourth-order valence-electron chi connectivity index (χ4n) is 3.31. The summed E-state index contributed by atoms with van der Waals surface area (Å²) in [6.07, 6.45) is 2.49. The van der Waals surface area contributed by atoms with Crippen molar-refractivity contribution in [1.29, 1.82) is 0 Å². The number of amides is 3. The summed E-state index contributed by atoms with van der Waals surface area (Å²) in [5.74, 6) is -0.447. The molecule has 4 N–H and O–H groups in total. The van der Waals surface area contributed by atoms with Crippen LogP contribution in [0.15, 0.2) is 42.5 Å². The predicted molar refractivity (Wildman–Crippen MR) is 125 cm³/mol. The van der Waals surface area contributed by atoms with Gasteiger partial charge in [0.25, 0.3) is 5.91 Å². The van der Waals surface area contributed by atoms with Crippen LogP contribution in [0.1, 0.15) is 42.1 Å². The zero-order valence-corrected chi connectivity index (χ0v) is 18.5. The SMILES string of the molecule is CCC(=O)Nc1cc(NCC(=O)Nc2ccc(C(=O)NCC3CCCO3)cc2)ccc1C. The maximum atomic E-state index is 12.3. The fraction of sp³-hybridized carbons (Fsp3) is 0.375. The van der Waals surface area contributed by atoms with Gasteiger partial charge in [-0.3, -0.25) is 14.4 Å². The lowest BCUT2D eigenvalue weighted by Gasteiger charge is -2.12. The van der Waals surface area contributed by atoms with Crippen molar-refractivity contribution in [2.45, 2.75) is 39.2 Å². The molecule has 0 aromatic heterocycles. The Morgan fingerprint density at radius 1 is 1.00 bits per heavy atom. The van der Waals surface area contributed by atoms with Crippen LogP contribution in [0.5, 0.6) is 0 Å². The quantitative estimate of drug-likeness (QED) is 0.480. The molecule has 2 aromatic rings. The van der Waals surface area contributed by atoms with Crippen LogP contribution in [0.4, 0.5) is 17.1 Å². The van der Waals surface area contributed by atoms with Gasteiger partial charge in [0.15, 0.2) is 0 Å². The number of rotatable bonds is 9. The Hall–Kier alpha value is -3.39. The highest BCUT2D eigenvalue weighted by molar-refractivity contribution is 5.97. The van der Waals surface area contributed by atoms with E-state index in [9.17, 15) is 14.4 Å². The third-order valence-corrected chi connectivity index (χ3v) is 5.23. The first-order chi connectivity index (χ1) is 15.4. The van der Waals surface area contributed by atoms with Crippen molar-refractivity contribution in [2.75, 3.05) is 35.6 Å². The number of hydrogen-bond donors (Lipinski definition) is 4. The maximum absolute atomic E-state index is 12.3. The molecule has 1 aliphatic heterocycles. The smallest absolute Gasteiger partial charge is 0.251 e. The van der Waals surface area contributed by atoms with Crippen LogP contribution in [0.2, 0.25) is 0 Å². The van der Waals surface area contributed by atoms with Crippen LogP contribution in [0.25, 0.3) is 0 Å². The van der Waals surface area contributed by atoms with Crippen molar-refractivity contribution < 1.29 is 19.1 Å². The number of hydrogen-bond acceptors (Lipinski definition) is 5. The van der Waals surface area contributed by atoms with E-state index in [1.165, 1.54) is 0 Å². The summed E-state index contributed by atoms with van der Waals surface area (Å²) in [4.78, 5) is 36.2. The summed E-state index contributed by atoms with van der Waals surface area (Å²) in [7, 11) is 0. The topological polar surface area (TPSA) is 109 Å². The van der Waals surface area contributed by atoms with Gasteiger partial charge in [0, 0.05) is 42.2 Å². The maximum Gasteiger partial charge on any atom is 0.251 e. The number of aryl methyl sites for hydroxylation is 1. The minimum absolute atomic E-state index is 0.0630. The highest BCUT2D eigenvalue weighted by Gasteiger charge is 2.16. The summed E-state index contributed by atoms with van der Waals surface area (Å²) >= 11 is 0. The molecule has 8 nitrogen and oxygen atoms in total. The lowest BCUT2D eigenvalue weighted by Crippen LogP contribution is -2.31. The van der Waals surface area contributed by atoms with Gasteiger partial charge in [0.05, 0.1) is 12.6 Å². The fourth-order valence-corrected chi connectivity index (χ4v) is 3.31. The van der Waals surface area contributed by atoms with E-state index in [1.807, 2.05) is 19.1 Å². The third kappa shape index (κ3) is 6.81. The Balaban J connectivity index is 1.47. The van der Waals surface area contributed by atoms with E-state index in [0.29, 0.717) is 24.2 Å². The normalized spacial score (nSPS) is 15.1. The zero-order valence-electron chi connectivity index (χ0n) is 18.5. The Labute approximate surface area is 188 Å². The van der Waals surface area contributed by atoms with Crippen molar-refractivity contribution >= 4 is 34.8 Å². The molecule has 1 heterocycles. The van der Waals surface area contributed by atoms with Crippen LogP contribution in [0, 0.1) is 6.92 Å². The lowest BCUT2D eigenvalue weighted by atomic mass is 10.1. The molecule has 0 bridgehead atoms. The number of nitrogens with one attached hydrogen (secondary N) is 4. The van der Waals surface area contributed by atoms with Crippen molar-refractivity contribution in [3.63, 3.8) is 0 Å². The number of benzene rings is 2. The van der Waals surface area contributed by atoms with Crippen molar-refractivity contribution in [3.8, 4) is 0 Å². The molecule has 32 heavy (non-hydrogen) atoms. The number of anilines is 3. The third-order valence-electron chi connectivity index (χ3n) is 5.23. The van der Waals surface area contributed by atoms with Gasteiger partial charge >= 0.3 is 0 Å². The van der Waals surface area contributed by atoms with Gasteiger partial charge in [-0.2, -0.15) is 0 Å². The average Bonchev–Trinajstić information content (AvgIpc) is 3.32. The van der Waals surface area contributed by atoms with E-state index in [1.54, 1.807) is 37.3 Å². The Bertz CT molecular complexity index is 953. The summed E-state index contributed by atoms with van der Waals surface area (Å²) < 4.78 is 5.50. The molecule has 0 saturated carbocycles. The molecule has 8 heteroatoms. The van der Waals surface area contributed by atoms with Gasteiger partial charge in [0.1, 0.15) is 0 Å². The Kier molecular flexibility index (Phi) is 8.21. The number of ether oxygens (including phenoxy) is 1. The molecule has 1 aliphatic rings. The minimum atomic E-state index is -0.222. The molecule has 1 atom stereocenters. The van der Waals surface area contributed by atoms with Gasteiger partial charge in [-0.1, -0.05) is 13.0 Å². The first-order valence-corrected chi connectivity index (χ1v) is 10.9. The van der Waals surface area contributed by atoms with Crippen LogP contribution in [-0.4, -0.2) is 43.5 Å². The summed E-state index contributed by atoms with van der Waals surface area (Å²) in [6.45, 7) is 5.03. The van der Waals surface area contributed by atoms with Crippen molar-refractivity contribution in [1.82, 2.24) is 5.32 Å². The zero-order chi connectivity index (χ0) is 22.9. The predicted octanol–water partition coefficient (Wildman–Crippen LogP) is 3.30. The molecule has 3 rings (SSSR count). The summed E-state index contributed by atoms with van der Waals surface area (Å²) in [5.41, 5.74) is 3.53. The monoisotopic (exact) mass is 438 g/mol. The molecule has 1 fully saturated rings. The van der Waals surface area contributed by atoms with E-state index < -0.39 is 0 Å². The first-order valence-electron chi connectivity index (χ1n) is 10.9. The standard InChI is InChI=1S/C24H30N4O4/c1-3-22(29)28-21-13-19(9-6-16(21)2)25-15-23(30)27-18-10-7-17(8-11-18)24(31)26-14-20-5-4-12-32-20/h6-11,13,20,25H,3-5,12,14-15H2,1-2H3,(H,26,31)(H,27,30)(H,28,29). The highest BCUT2D eigenvalue weighted by Crippen LogP contribution is 2.20. The van der Waals surface area contributed by atoms with E-state index in [4.69, 9.17) is 4.74 Å². The van der Waals surface area contributed by atoms with Crippen LogP contribution in [-0.2, 0) is 14.3 Å². The lowest BCUT2D eigenvalue weighted by molar-refractivity contribution is -0.116. The van der Waals surface area contributed by atoms with Crippen LogP contribution in [0.3, 0.4) is 0 Å². The van der Waals surface area contributed by atoms with E-state index >= 15 is 0 Å². The van der Waals surface area contributed by atoms with Crippen molar-refractivity contribution in [2.24, 2.45) is 0 Å². The molecule has 0 radical (unpaired) electrons. The van der Waals surface area contributed by atoms with Gasteiger partial charge in [-0.05, 0) is 61.7 Å². The second-order valence-corrected chi connectivity index (χ2v) is 7.76. The molecular formula is C24H30N4O4. The van der Waals surface area contributed by atoms with Crippen molar-refractivity contribution in [3.05, 3.63) is 53.6 Å². The van der Waals surface area contributed by atoms with Crippen LogP contribution < -0.4 is 21.3 Å². The minimum Gasteiger partial charge on any atom is -0.376 e.